The van der Waals surface area contributed by atoms with Crippen LogP contribution in [0.1, 0.15) is 25.6 Å². The van der Waals surface area contributed by atoms with Crippen molar-refractivity contribution in [3.8, 4) is 16.2 Å². The molecule has 0 spiro atoms. The van der Waals surface area contributed by atoms with Gasteiger partial charge < -0.3 is 14.8 Å². The van der Waals surface area contributed by atoms with Crippen LogP contribution in [0.4, 0.5) is 11.4 Å². The lowest BCUT2D eigenvalue weighted by atomic mass is 10.1. The molecule has 1 atom stereocenters. The SMILES string of the molecule is COC(=O)c1ccc(C)c(NC(=O)C[NH+]2C=Nc3cc(-c4ccc(OC)cc4)sc3C2=O)c1. The summed E-state index contributed by atoms with van der Waals surface area (Å²) in [7, 11) is 2.90. The molecule has 2 amide bonds. The molecule has 168 valence electrons. The molecule has 0 bridgehead atoms. The number of carbonyl (C=O) groups is 3. The number of thiophene rings is 1. The van der Waals surface area contributed by atoms with E-state index >= 15 is 0 Å². The average Bonchev–Trinajstić information content (AvgIpc) is 3.27. The van der Waals surface area contributed by atoms with Crippen LogP contribution >= 0.6 is 11.3 Å². The van der Waals surface area contributed by atoms with E-state index in [2.05, 4.69) is 10.3 Å². The third-order valence-corrected chi connectivity index (χ3v) is 6.40. The second-order valence-corrected chi connectivity index (χ2v) is 8.46. The number of hydrogen-bond acceptors (Lipinski definition) is 7. The lowest BCUT2D eigenvalue weighted by Crippen LogP contribution is -3.15. The van der Waals surface area contributed by atoms with Crippen molar-refractivity contribution in [2.45, 2.75) is 6.92 Å². The Morgan fingerprint density at radius 2 is 1.85 bits per heavy atom. The van der Waals surface area contributed by atoms with Crippen LogP contribution < -0.4 is 15.0 Å². The molecule has 33 heavy (non-hydrogen) atoms. The highest BCUT2D eigenvalue weighted by Crippen LogP contribution is 2.37. The van der Waals surface area contributed by atoms with Gasteiger partial charge >= 0.3 is 11.9 Å². The van der Waals surface area contributed by atoms with Gasteiger partial charge in [-0.2, -0.15) is 0 Å². The van der Waals surface area contributed by atoms with E-state index in [0.29, 0.717) is 26.7 Å². The molecular weight excluding hydrogens is 442 g/mol. The first-order valence-corrected chi connectivity index (χ1v) is 10.9. The Morgan fingerprint density at radius 1 is 1.09 bits per heavy atom. The number of rotatable bonds is 6. The predicted molar refractivity (Wildman–Crippen MR) is 126 cm³/mol. The summed E-state index contributed by atoms with van der Waals surface area (Å²) in [5.41, 5.74) is 3.16. The van der Waals surface area contributed by atoms with E-state index in [1.807, 2.05) is 37.3 Å². The number of esters is 1. The molecule has 2 heterocycles. The van der Waals surface area contributed by atoms with Gasteiger partial charge in [-0.05, 0) is 60.5 Å². The zero-order chi connectivity index (χ0) is 23.5. The molecule has 2 N–H and O–H groups in total. The van der Waals surface area contributed by atoms with Gasteiger partial charge in [0, 0.05) is 10.6 Å². The molecule has 0 aliphatic carbocycles. The first-order chi connectivity index (χ1) is 15.9. The number of fused-ring (bicyclic) bond motifs is 1. The van der Waals surface area contributed by atoms with Gasteiger partial charge in [0.1, 0.15) is 5.75 Å². The van der Waals surface area contributed by atoms with Crippen LogP contribution in [0.3, 0.4) is 0 Å². The smallest absolute Gasteiger partial charge is 0.362 e. The molecule has 9 heteroatoms. The summed E-state index contributed by atoms with van der Waals surface area (Å²) in [4.78, 5) is 43.6. The fraction of sp³-hybridized carbons (Fsp3) is 0.167. The van der Waals surface area contributed by atoms with Crippen molar-refractivity contribution in [2.24, 2.45) is 4.99 Å². The number of quaternary nitrogens is 1. The van der Waals surface area contributed by atoms with Crippen molar-refractivity contribution in [1.29, 1.82) is 0 Å². The number of amides is 2. The van der Waals surface area contributed by atoms with E-state index in [0.717, 1.165) is 21.8 Å². The van der Waals surface area contributed by atoms with Gasteiger partial charge in [0.15, 0.2) is 17.8 Å². The molecule has 1 aliphatic heterocycles. The number of nitrogens with one attached hydrogen (secondary N) is 2. The summed E-state index contributed by atoms with van der Waals surface area (Å²) in [5.74, 6) is -0.319. The van der Waals surface area contributed by atoms with Crippen LogP contribution in [0.25, 0.3) is 10.4 Å². The van der Waals surface area contributed by atoms with E-state index in [4.69, 9.17) is 9.47 Å². The highest BCUT2D eigenvalue weighted by Gasteiger charge is 2.32. The van der Waals surface area contributed by atoms with Gasteiger partial charge in [-0.25, -0.2) is 19.5 Å². The van der Waals surface area contributed by atoms with Crippen LogP contribution in [0.15, 0.2) is 53.5 Å². The molecule has 1 unspecified atom stereocenters. The predicted octanol–water partition coefficient (Wildman–Crippen LogP) is 2.86. The number of methoxy groups -OCH3 is 2. The van der Waals surface area contributed by atoms with Crippen molar-refractivity contribution in [3.63, 3.8) is 0 Å². The van der Waals surface area contributed by atoms with E-state index in [-0.39, 0.29) is 18.4 Å². The second kappa shape index (κ2) is 9.35. The molecule has 0 saturated carbocycles. The van der Waals surface area contributed by atoms with Gasteiger partial charge in [-0.15, -0.1) is 11.3 Å². The molecule has 0 radical (unpaired) electrons. The Morgan fingerprint density at radius 3 is 2.55 bits per heavy atom. The number of aryl methyl sites for hydroxylation is 1. The minimum Gasteiger partial charge on any atom is -0.497 e. The zero-order valence-corrected chi connectivity index (χ0v) is 19.1. The Kier molecular flexibility index (Phi) is 6.34. The van der Waals surface area contributed by atoms with E-state index < -0.39 is 5.97 Å². The summed E-state index contributed by atoms with van der Waals surface area (Å²) < 4.78 is 9.92. The minimum absolute atomic E-state index is 0.126. The van der Waals surface area contributed by atoms with Gasteiger partial charge in [-0.1, -0.05) is 6.07 Å². The molecule has 4 rings (SSSR count). The van der Waals surface area contributed by atoms with Crippen molar-refractivity contribution in [3.05, 3.63) is 64.5 Å². The van der Waals surface area contributed by atoms with Crippen LogP contribution in [-0.2, 0) is 9.53 Å². The van der Waals surface area contributed by atoms with Crippen molar-refractivity contribution >= 4 is 46.8 Å². The summed E-state index contributed by atoms with van der Waals surface area (Å²) in [6.45, 7) is 1.69. The fourth-order valence-electron chi connectivity index (χ4n) is 3.38. The molecule has 1 aromatic heterocycles. The maximum absolute atomic E-state index is 13.0. The summed E-state index contributed by atoms with van der Waals surface area (Å²) in [5, 5.41) is 2.77. The van der Waals surface area contributed by atoms with Gasteiger partial charge in [0.05, 0.1) is 25.5 Å². The topological polar surface area (TPSA) is 98.5 Å². The standard InChI is InChI=1S/C24H21N3O5S/c1-14-4-5-16(24(30)32-3)10-18(14)26-21(28)12-27-13-25-19-11-20(33-22(19)23(27)29)15-6-8-17(31-2)9-7-15/h4-11,13H,12H2,1-3H3,(H,26,28)/p+1. The largest absolute Gasteiger partial charge is 0.497 e. The van der Waals surface area contributed by atoms with Crippen LogP contribution in [0.2, 0.25) is 0 Å². The summed E-state index contributed by atoms with van der Waals surface area (Å²) in [6.07, 6.45) is 1.45. The monoisotopic (exact) mass is 464 g/mol. The fourth-order valence-corrected chi connectivity index (χ4v) is 4.47. The summed E-state index contributed by atoms with van der Waals surface area (Å²) >= 11 is 1.35. The zero-order valence-electron chi connectivity index (χ0n) is 18.3. The molecule has 8 nitrogen and oxygen atoms in total. The lowest BCUT2D eigenvalue weighted by Gasteiger charge is -2.15. The van der Waals surface area contributed by atoms with Crippen molar-refractivity contribution < 1.29 is 28.8 Å². The first-order valence-electron chi connectivity index (χ1n) is 10.1. The Hall–Kier alpha value is -3.82. The molecule has 2 aromatic carbocycles. The first kappa shape index (κ1) is 22.4. The maximum Gasteiger partial charge on any atom is 0.362 e. The molecule has 0 saturated heterocycles. The molecule has 0 fully saturated rings. The lowest BCUT2D eigenvalue weighted by molar-refractivity contribution is -0.694. The molecule has 1 aliphatic rings. The number of hydrogen-bond donors (Lipinski definition) is 2. The highest BCUT2D eigenvalue weighted by molar-refractivity contribution is 7.18. The van der Waals surface area contributed by atoms with Crippen LogP contribution in [0.5, 0.6) is 5.75 Å². The number of aliphatic imine (C=N–C) groups is 1. The third-order valence-electron chi connectivity index (χ3n) is 5.23. The number of ether oxygens (including phenoxy) is 2. The van der Waals surface area contributed by atoms with Gasteiger partial charge in [0.2, 0.25) is 0 Å². The quantitative estimate of drug-likeness (QED) is 0.547. The van der Waals surface area contributed by atoms with E-state index in [9.17, 15) is 14.4 Å². The highest BCUT2D eigenvalue weighted by atomic mass is 32.1. The third kappa shape index (κ3) is 4.69. The number of nitrogens with zero attached hydrogens (tertiary/aromatic N) is 1. The van der Waals surface area contributed by atoms with E-state index in [1.54, 1.807) is 25.3 Å². The normalized spacial score (nSPS) is 14.5. The van der Waals surface area contributed by atoms with Crippen molar-refractivity contribution in [2.75, 3.05) is 26.1 Å². The maximum atomic E-state index is 13.0. The Bertz CT molecular complexity index is 1260. The van der Waals surface area contributed by atoms with Crippen molar-refractivity contribution in [1.82, 2.24) is 0 Å². The van der Waals surface area contributed by atoms with E-state index in [1.165, 1.54) is 24.8 Å². The second-order valence-electron chi connectivity index (χ2n) is 7.41. The van der Waals surface area contributed by atoms with Gasteiger partial charge in [0.25, 0.3) is 5.91 Å². The molecular formula is C24H22N3O5S+. The summed E-state index contributed by atoms with van der Waals surface area (Å²) in [6, 6.07) is 14.3. The number of anilines is 1. The number of benzene rings is 2. The van der Waals surface area contributed by atoms with Crippen LogP contribution in [-0.4, -0.2) is 44.9 Å². The molecule has 3 aromatic rings. The number of carbonyl (C=O) groups excluding carboxylic acids is 3. The average molecular weight is 465 g/mol. The minimum atomic E-state index is -0.493. The Labute approximate surface area is 194 Å². The van der Waals surface area contributed by atoms with Crippen LogP contribution in [0, 0.1) is 6.92 Å². The Balaban J connectivity index is 1.47. The van der Waals surface area contributed by atoms with Gasteiger partial charge in [-0.3, -0.25) is 4.79 Å².